The molecule has 9 nitrogen and oxygen atoms in total. The maximum atomic E-state index is 12.6. The molecule has 2 N–H and O–H groups in total. The van der Waals surface area contributed by atoms with Crippen LogP contribution in [0.1, 0.15) is 19.3 Å². The van der Waals surface area contributed by atoms with Crippen molar-refractivity contribution in [2.24, 2.45) is 5.92 Å². The van der Waals surface area contributed by atoms with E-state index in [1.165, 1.54) is 19.4 Å². The molecular weight excluding hydrogens is 540 g/mol. The number of nitrogens with zero attached hydrogens (tertiary/aromatic N) is 3. The van der Waals surface area contributed by atoms with Crippen LogP contribution in [0.25, 0.3) is 0 Å². The summed E-state index contributed by atoms with van der Waals surface area (Å²) in [5.74, 6) is -4.54. The topological polar surface area (TPSA) is 111 Å². The fourth-order valence-corrected chi connectivity index (χ4v) is 4.63. The van der Waals surface area contributed by atoms with Gasteiger partial charge in [-0.1, -0.05) is 18.2 Å². The summed E-state index contributed by atoms with van der Waals surface area (Å²) in [7, 11) is 2.12. The number of amides is 1. The molecule has 1 aromatic carbocycles. The molecule has 0 radical (unpaired) electrons. The highest BCUT2D eigenvalue weighted by atomic mass is 19.4. The van der Waals surface area contributed by atoms with Crippen LogP contribution in [-0.2, 0) is 19.1 Å². The van der Waals surface area contributed by atoms with E-state index in [0.29, 0.717) is 6.54 Å². The van der Waals surface area contributed by atoms with Gasteiger partial charge in [0, 0.05) is 45.1 Å². The van der Waals surface area contributed by atoms with Gasteiger partial charge in [-0.2, -0.15) is 26.3 Å². The van der Waals surface area contributed by atoms with Crippen LogP contribution in [0.3, 0.4) is 0 Å². The van der Waals surface area contributed by atoms with Crippen LogP contribution < -0.4 is 4.90 Å². The highest BCUT2D eigenvalue weighted by Crippen LogP contribution is 2.34. The molecule has 3 fully saturated rings. The van der Waals surface area contributed by atoms with Crippen molar-refractivity contribution in [3.05, 3.63) is 30.3 Å². The predicted octanol–water partition coefficient (Wildman–Crippen LogP) is 3.10. The second-order valence-electron chi connectivity index (χ2n) is 9.54. The van der Waals surface area contributed by atoms with Gasteiger partial charge in [-0.15, -0.1) is 0 Å². The third kappa shape index (κ3) is 9.65. The molecule has 39 heavy (non-hydrogen) atoms. The third-order valence-corrected chi connectivity index (χ3v) is 6.76. The summed E-state index contributed by atoms with van der Waals surface area (Å²) in [4.78, 5) is 37.3. The number of hydrogen-bond acceptors (Lipinski definition) is 6. The first-order valence-electron chi connectivity index (χ1n) is 12.0. The molecule has 1 amide bonds. The standard InChI is InChI=1S/C20H29N3O2.2C2HF3O2/c1-21-14-19(24)23(18-5-3-2-4-6-18)16-20(21)9-10-22(15-20)13-17-7-11-25-12-8-17;2*3-2(4,5)1(6)7/h2-6,17H,7-16H2,1H3;2*(H,6,7). The third-order valence-electron chi connectivity index (χ3n) is 6.76. The van der Waals surface area contributed by atoms with Gasteiger partial charge in [0.05, 0.1) is 12.1 Å². The molecule has 1 atom stereocenters. The van der Waals surface area contributed by atoms with E-state index in [1.54, 1.807) is 0 Å². The number of carbonyl (C=O) groups is 3. The first-order chi connectivity index (χ1) is 18.0. The van der Waals surface area contributed by atoms with Crippen molar-refractivity contribution in [3.63, 3.8) is 0 Å². The normalized spacial score (nSPS) is 23.1. The number of carbonyl (C=O) groups excluding carboxylic acids is 1. The van der Waals surface area contributed by atoms with E-state index in [2.05, 4.69) is 16.8 Å². The molecule has 3 heterocycles. The van der Waals surface area contributed by atoms with Crippen molar-refractivity contribution < 1.29 is 55.7 Å². The number of halogens is 6. The number of carboxylic acid groups (broad SMARTS) is 2. The fourth-order valence-electron chi connectivity index (χ4n) is 4.63. The number of anilines is 1. The molecule has 0 saturated carbocycles. The van der Waals surface area contributed by atoms with Crippen molar-refractivity contribution in [1.29, 1.82) is 0 Å². The average molecular weight is 572 g/mol. The molecule has 220 valence electrons. The number of benzene rings is 1. The van der Waals surface area contributed by atoms with Gasteiger partial charge in [-0.25, -0.2) is 9.59 Å². The zero-order chi connectivity index (χ0) is 29.4. The second-order valence-corrected chi connectivity index (χ2v) is 9.54. The number of rotatable bonds is 3. The number of alkyl halides is 6. The summed E-state index contributed by atoms with van der Waals surface area (Å²) in [5.41, 5.74) is 1.12. The second kappa shape index (κ2) is 13.4. The maximum Gasteiger partial charge on any atom is 0.490 e. The van der Waals surface area contributed by atoms with E-state index in [1.807, 2.05) is 35.2 Å². The number of carboxylic acids is 2. The quantitative estimate of drug-likeness (QED) is 0.533. The largest absolute Gasteiger partial charge is 0.490 e. The van der Waals surface area contributed by atoms with E-state index in [4.69, 9.17) is 24.5 Å². The Kier molecular flexibility index (Phi) is 11.1. The highest BCUT2D eigenvalue weighted by molar-refractivity contribution is 5.96. The van der Waals surface area contributed by atoms with E-state index in [9.17, 15) is 31.1 Å². The van der Waals surface area contributed by atoms with Crippen LogP contribution in [0.5, 0.6) is 0 Å². The van der Waals surface area contributed by atoms with Gasteiger partial charge >= 0.3 is 24.3 Å². The summed E-state index contributed by atoms with van der Waals surface area (Å²) in [6.07, 6.45) is -6.65. The number of likely N-dealkylation sites (tertiary alicyclic amines) is 1. The molecule has 0 bridgehead atoms. The zero-order valence-electron chi connectivity index (χ0n) is 21.2. The predicted molar refractivity (Wildman–Crippen MR) is 126 cm³/mol. The Labute approximate surface area is 220 Å². The minimum absolute atomic E-state index is 0.0922. The summed E-state index contributed by atoms with van der Waals surface area (Å²) < 4.78 is 69.0. The lowest BCUT2D eigenvalue weighted by Crippen LogP contribution is -2.64. The van der Waals surface area contributed by atoms with Crippen LogP contribution in [-0.4, -0.2) is 109 Å². The average Bonchev–Trinajstić information content (AvgIpc) is 3.26. The van der Waals surface area contributed by atoms with E-state index in [-0.39, 0.29) is 11.4 Å². The van der Waals surface area contributed by atoms with Gasteiger partial charge in [-0.3, -0.25) is 9.69 Å². The first-order valence-corrected chi connectivity index (χ1v) is 12.0. The number of likely N-dealkylation sites (N-methyl/N-ethyl adjacent to an activating group) is 1. The smallest absolute Gasteiger partial charge is 0.475 e. The molecule has 3 aliphatic rings. The zero-order valence-corrected chi connectivity index (χ0v) is 21.2. The molecule has 1 unspecified atom stereocenters. The molecule has 15 heteroatoms. The number of hydrogen-bond donors (Lipinski definition) is 2. The fraction of sp³-hybridized carbons (Fsp3) is 0.625. The molecule has 1 aromatic rings. The first kappa shape index (κ1) is 32.3. The summed E-state index contributed by atoms with van der Waals surface area (Å²) in [5, 5.41) is 14.2. The summed E-state index contributed by atoms with van der Waals surface area (Å²) in [6.45, 7) is 6.53. The lowest BCUT2D eigenvalue weighted by molar-refractivity contribution is -0.193. The molecule has 3 aliphatic heterocycles. The van der Waals surface area contributed by atoms with Crippen molar-refractivity contribution in [3.8, 4) is 0 Å². The van der Waals surface area contributed by atoms with Gasteiger partial charge in [0.25, 0.3) is 0 Å². The van der Waals surface area contributed by atoms with E-state index < -0.39 is 24.3 Å². The minimum Gasteiger partial charge on any atom is -0.475 e. The van der Waals surface area contributed by atoms with Gasteiger partial charge < -0.3 is 24.7 Å². The van der Waals surface area contributed by atoms with Crippen molar-refractivity contribution in [2.45, 2.75) is 37.2 Å². The Balaban J connectivity index is 0.000000317. The lowest BCUT2D eigenvalue weighted by atomic mass is 9.92. The van der Waals surface area contributed by atoms with E-state index in [0.717, 1.165) is 50.9 Å². The number of ether oxygens (including phenoxy) is 1. The lowest BCUT2D eigenvalue weighted by Gasteiger charge is -2.47. The summed E-state index contributed by atoms with van der Waals surface area (Å²) >= 11 is 0. The van der Waals surface area contributed by atoms with Gasteiger partial charge in [0.15, 0.2) is 0 Å². The van der Waals surface area contributed by atoms with Crippen LogP contribution in [0.2, 0.25) is 0 Å². The van der Waals surface area contributed by atoms with Crippen molar-refractivity contribution >= 4 is 23.5 Å². The molecule has 0 aliphatic carbocycles. The molecule has 1 spiro atoms. The SMILES string of the molecule is CN1CC(=O)N(c2ccccc2)CC12CCN(CC1CCOCC1)C2.O=C(O)C(F)(F)F.O=C(O)C(F)(F)F. The monoisotopic (exact) mass is 571 g/mol. The van der Waals surface area contributed by atoms with Gasteiger partial charge in [-0.05, 0) is 44.4 Å². The Hall–Kier alpha value is -2.91. The van der Waals surface area contributed by atoms with Crippen molar-refractivity contribution in [2.75, 3.05) is 57.9 Å². The van der Waals surface area contributed by atoms with Crippen LogP contribution in [0, 0.1) is 5.92 Å². The Bertz CT molecular complexity index is 947. The number of para-hydroxylation sites is 1. The van der Waals surface area contributed by atoms with Crippen LogP contribution in [0.15, 0.2) is 30.3 Å². The molecule has 0 aromatic heterocycles. The summed E-state index contributed by atoms with van der Waals surface area (Å²) in [6, 6.07) is 10.1. The van der Waals surface area contributed by atoms with Crippen LogP contribution >= 0.6 is 0 Å². The Morgan fingerprint density at radius 1 is 0.974 bits per heavy atom. The molecule has 4 rings (SSSR count). The Morgan fingerprint density at radius 3 is 1.97 bits per heavy atom. The molecule has 3 saturated heterocycles. The van der Waals surface area contributed by atoms with Gasteiger partial charge in [0.1, 0.15) is 0 Å². The minimum atomic E-state index is -5.08. The maximum absolute atomic E-state index is 12.6. The van der Waals surface area contributed by atoms with E-state index >= 15 is 0 Å². The molecular formula is C24H31F6N3O6. The highest BCUT2D eigenvalue weighted by Gasteiger charge is 2.47. The van der Waals surface area contributed by atoms with Crippen molar-refractivity contribution in [1.82, 2.24) is 9.80 Å². The number of piperazine rings is 1. The Morgan fingerprint density at radius 2 is 1.49 bits per heavy atom. The number of aliphatic carboxylic acids is 2. The van der Waals surface area contributed by atoms with Gasteiger partial charge in [0.2, 0.25) is 5.91 Å². The van der Waals surface area contributed by atoms with Crippen LogP contribution in [0.4, 0.5) is 32.0 Å².